The van der Waals surface area contributed by atoms with Gasteiger partial charge >= 0.3 is 0 Å². The molecular weight excluding hydrogens is 266 g/mol. The maximum atomic E-state index is 12.7. The number of hydrogen-bond acceptors (Lipinski definition) is 3. The number of benzene rings is 1. The molecule has 0 saturated carbocycles. The highest BCUT2D eigenvalue weighted by Crippen LogP contribution is 2.26. The minimum absolute atomic E-state index is 0.0489. The number of amides is 1. The lowest BCUT2D eigenvalue weighted by Crippen LogP contribution is -2.48. The molecule has 3 rings (SSSR count). The molecule has 0 bridgehead atoms. The first-order valence-electron chi connectivity index (χ1n) is 7.23. The highest BCUT2D eigenvalue weighted by Gasteiger charge is 2.29. The van der Waals surface area contributed by atoms with Gasteiger partial charge in [-0.2, -0.15) is 0 Å². The van der Waals surface area contributed by atoms with Gasteiger partial charge in [0.1, 0.15) is 0 Å². The number of furan rings is 1. The SMILES string of the molecule is CC1CN(C(=O)c2occc2-c2ccccc2)CC(C)O1. The van der Waals surface area contributed by atoms with Crippen LogP contribution in [0.1, 0.15) is 24.4 Å². The van der Waals surface area contributed by atoms with E-state index in [4.69, 9.17) is 9.15 Å². The minimum atomic E-state index is -0.0687. The zero-order valence-corrected chi connectivity index (χ0v) is 12.3. The summed E-state index contributed by atoms with van der Waals surface area (Å²) < 4.78 is 11.1. The lowest BCUT2D eigenvalue weighted by Gasteiger charge is -2.34. The van der Waals surface area contributed by atoms with Gasteiger partial charge in [0.25, 0.3) is 5.91 Å². The summed E-state index contributed by atoms with van der Waals surface area (Å²) in [5.74, 6) is 0.336. The van der Waals surface area contributed by atoms with E-state index < -0.39 is 0 Å². The smallest absolute Gasteiger partial charge is 0.290 e. The van der Waals surface area contributed by atoms with Crippen LogP contribution in [0.2, 0.25) is 0 Å². The Bertz CT molecular complexity index is 610. The second-order valence-corrected chi connectivity index (χ2v) is 5.50. The van der Waals surface area contributed by atoms with E-state index in [-0.39, 0.29) is 18.1 Å². The van der Waals surface area contributed by atoms with Crippen LogP contribution < -0.4 is 0 Å². The monoisotopic (exact) mass is 285 g/mol. The predicted molar refractivity (Wildman–Crippen MR) is 80.1 cm³/mol. The number of morpholine rings is 1. The van der Waals surface area contributed by atoms with Crippen LogP contribution in [0, 0.1) is 0 Å². The molecule has 2 unspecified atom stereocenters. The highest BCUT2D eigenvalue weighted by molar-refractivity contribution is 5.98. The number of carbonyl (C=O) groups is 1. The number of nitrogens with zero attached hydrogens (tertiary/aromatic N) is 1. The molecule has 110 valence electrons. The molecule has 4 heteroatoms. The van der Waals surface area contributed by atoms with Crippen molar-refractivity contribution in [3.63, 3.8) is 0 Å². The number of carbonyl (C=O) groups excluding carboxylic acids is 1. The van der Waals surface area contributed by atoms with E-state index in [0.717, 1.165) is 11.1 Å². The molecule has 0 spiro atoms. The van der Waals surface area contributed by atoms with Gasteiger partial charge in [-0.3, -0.25) is 4.79 Å². The lowest BCUT2D eigenvalue weighted by molar-refractivity contribution is -0.0592. The molecule has 0 radical (unpaired) electrons. The summed E-state index contributed by atoms with van der Waals surface area (Å²) in [4.78, 5) is 14.5. The van der Waals surface area contributed by atoms with Crippen molar-refractivity contribution in [3.8, 4) is 11.1 Å². The van der Waals surface area contributed by atoms with Gasteiger partial charge in [0.05, 0.1) is 18.5 Å². The summed E-state index contributed by atoms with van der Waals surface area (Å²) >= 11 is 0. The van der Waals surface area contributed by atoms with Gasteiger partial charge in [0.15, 0.2) is 5.76 Å². The first-order valence-corrected chi connectivity index (χ1v) is 7.23. The summed E-state index contributed by atoms with van der Waals surface area (Å²) in [6, 6.07) is 11.7. The maximum Gasteiger partial charge on any atom is 0.290 e. The van der Waals surface area contributed by atoms with E-state index in [2.05, 4.69) is 0 Å². The molecule has 4 nitrogen and oxygen atoms in total. The molecule has 1 aliphatic rings. The van der Waals surface area contributed by atoms with Gasteiger partial charge in [-0.05, 0) is 25.5 Å². The van der Waals surface area contributed by atoms with Crippen LogP contribution in [0.15, 0.2) is 47.1 Å². The zero-order chi connectivity index (χ0) is 14.8. The van der Waals surface area contributed by atoms with Crippen molar-refractivity contribution < 1.29 is 13.9 Å². The van der Waals surface area contributed by atoms with Gasteiger partial charge in [-0.25, -0.2) is 0 Å². The normalized spacial score (nSPS) is 22.3. The standard InChI is InChI=1S/C17H19NO3/c1-12-10-18(11-13(2)21-12)17(19)16-15(8-9-20-16)14-6-4-3-5-7-14/h3-9,12-13H,10-11H2,1-2H3. The Morgan fingerprint density at radius 2 is 1.76 bits per heavy atom. The number of ether oxygens (including phenoxy) is 1. The molecular formula is C17H19NO3. The number of rotatable bonds is 2. The highest BCUT2D eigenvalue weighted by atomic mass is 16.5. The van der Waals surface area contributed by atoms with E-state index in [1.54, 1.807) is 6.26 Å². The summed E-state index contributed by atoms with van der Waals surface area (Å²) in [7, 11) is 0. The van der Waals surface area contributed by atoms with Crippen molar-refractivity contribution in [2.45, 2.75) is 26.1 Å². The lowest BCUT2D eigenvalue weighted by atomic mass is 10.1. The van der Waals surface area contributed by atoms with Crippen LogP contribution in [0.4, 0.5) is 0 Å². The van der Waals surface area contributed by atoms with Gasteiger partial charge in [0, 0.05) is 18.7 Å². The Balaban J connectivity index is 1.88. The van der Waals surface area contributed by atoms with Gasteiger partial charge in [-0.1, -0.05) is 30.3 Å². The quantitative estimate of drug-likeness (QED) is 0.851. The molecule has 1 saturated heterocycles. The topological polar surface area (TPSA) is 42.7 Å². The first kappa shape index (κ1) is 13.9. The summed E-state index contributed by atoms with van der Waals surface area (Å²) in [6.45, 7) is 5.16. The Kier molecular flexibility index (Phi) is 3.80. The molecule has 0 N–H and O–H groups in total. The molecule has 21 heavy (non-hydrogen) atoms. The van der Waals surface area contributed by atoms with Crippen molar-refractivity contribution >= 4 is 5.91 Å². The van der Waals surface area contributed by atoms with Crippen molar-refractivity contribution in [2.75, 3.05) is 13.1 Å². The zero-order valence-electron chi connectivity index (χ0n) is 12.3. The van der Waals surface area contributed by atoms with Gasteiger partial charge in [-0.15, -0.1) is 0 Å². The van der Waals surface area contributed by atoms with Crippen LogP contribution in [0.3, 0.4) is 0 Å². The Morgan fingerprint density at radius 1 is 1.10 bits per heavy atom. The molecule has 2 atom stereocenters. The van der Waals surface area contributed by atoms with E-state index in [9.17, 15) is 4.79 Å². The third-order valence-corrected chi connectivity index (χ3v) is 3.65. The molecule has 1 fully saturated rings. The van der Waals surface area contributed by atoms with E-state index >= 15 is 0 Å². The number of hydrogen-bond donors (Lipinski definition) is 0. The van der Waals surface area contributed by atoms with Crippen LogP contribution in [0.25, 0.3) is 11.1 Å². The summed E-state index contributed by atoms with van der Waals surface area (Å²) in [5.41, 5.74) is 1.83. The van der Waals surface area contributed by atoms with Crippen molar-refractivity contribution in [3.05, 3.63) is 48.4 Å². The third kappa shape index (κ3) is 2.85. The average Bonchev–Trinajstić information content (AvgIpc) is 2.95. The van der Waals surface area contributed by atoms with Crippen molar-refractivity contribution in [1.29, 1.82) is 0 Å². The fourth-order valence-corrected chi connectivity index (χ4v) is 2.81. The summed E-state index contributed by atoms with van der Waals surface area (Å²) in [5, 5.41) is 0. The molecule has 1 aromatic heterocycles. The van der Waals surface area contributed by atoms with E-state index in [1.807, 2.05) is 55.1 Å². The molecule has 1 aromatic carbocycles. The van der Waals surface area contributed by atoms with Crippen LogP contribution in [0.5, 0.6) is 0 Å². The Labute approximate surface area is 124 Å². The van der Waals surface area contributed by atoms with Crippen molar-refractivity contribution in [2.24, 2.45) is 0 Å². The molecule has 1 aliphatic heterocycles. The maximum absolute atomic E-state index is 12.7. The summed E-state index contributed by atoms with van der Waals surface area (Å²) in [6.07, 6.45) is 1.67. The minimum Gasteiger partial charge on any atom is -0.459 e. The van der Waals surface area contributed by atoms with Gasteiger partial charge in [0.2, 0.25) is 0 Å². The Morgan fingerprint density at radius 3 is 2.43 bits per heavy atom. The van der Waals surface area contributed by atoms with E-state index in [0.29, 0.717) is 18.8 Å². The van der Waals surface area contributed by atoms with Crippen molar-refractivity contribution in [1.82, 2.24) is 4.90 Å². The molecule has 0 aliphatic carbocycles. The average molecular weight is 285 g/mol. The molecule has 1 amide bonds. The molecule has 2 aromatic rings. The van der Waals surface area contributed by atoms with Gasteiger partial charge < -0.3 is 14.1 Å². The molecule has 2 heterocycles. The fourth-order valence-electron chi connectivity index (χ4n) is 2.81. The van der Waals surface area contributed by atoms with Crippen LogP contribution in [-0.4, -0.2) is 36.1 Å². The van der Waals surface area contributed by atoms with Crippen LogP contribution >= 0.6 is 0 Å². The first-order chi connectivity index (χ1) is 10.1. The van der Waals surface area contributed by atoms with E-state index in [1.165, 1.54) is 0 Å². The second-order valence-electron chi connectivity index (χ2n) is 5.50. The second kappa shape index (κ2) is 5.74. The Hall–Kier alpha value is -2.07. The van der Waals surface area contributed by atoms with Crippen LogP contribution in [-0.2, 0) is 4.74 Å². The third-order valence-electron chi connectivity index (χ3n) is 3.65. The largest absolute Gasteiger partial charge is 0.459 e. The fraction of sp³-hybridized carbons (Fsp3) is 0.353. The predicted octanol–water partition coefficient (Wildman–Crippen LogP) is 3.20.